The van der Waals surface area contributed by atoms with Gasteiger partial charge in [-0.2, -0.15) is 0 Å². The lowest BCUT2D eigenvalue weighted by molar-refractivity contribution is -0.130. The largest absolute Gasteiger partial charge is 0.368 e. The first kappa shape index (κ1) is 22.0. The topological polar surface area (TPSA) is 101 Å². The summed E-state index contributed by atoms with van der Waals surface area (Å²) in [5.41, 5.74) is 7.10. The second-order valence-electron chi connectivity index (χ2n) is 7.39. The van der Waals surface area contributed by atoms with E-state index in [-0.39, 0.29) is 12.8 Å². The van der Waals surface area contributed by atoms with E-state index in [2.05, 4.69) is 10.6 Å². The zero-order chi connectivity index (χ0) is 22.4. The Morgan fingerprint density at radius 3 is 2.23 bits per heavy atom. The maximum absolute atomic E-state index is 13.2. The standard InChI is InChI=1S/C24H24FN3O3/c1-15(29)27-22(13-16-9-11-19(25)12-10-16)24(31)28-21(23(26)30)14-18-7-4-6-17-5-2-3-8-20(17)18/h2-12,21-22H,13-14H2,1H3,(H2,26,30)(H,27,29)(H,28,31)/t21-,22+/m0/s1. The fourth-order valence-corrected chi connectivity index (χ4v) is 3.50. The fraction of sp³-hybridized carbons (Fsp3) is 0.208. The molecule has 3 aromatic rings. The molecular formula is C24H24FN3O3. The van der Waals surface area contributed by atoms with Gasteiger partial charge in [-0.3, -0.25) is 14.4 Å². The van der Waals surface area contributed by atoms with Crippen molar-refractivity contribution in [2.24, 2.45) is 5.73 Å². The van der Waals surface area contributed by atoms with Crippen molar-refractivity contribution in [2.45, 2.75) is 31.8 Å². The van der Waals surface area contributed by atoms with Gasteiger partial charge in [-0.15, -0.1) is 0 Å². The molecule has 0 saturated heterocycles. The number of primary amides is 1. The summed E-state index contributed by atoms with van der Waals surface area (Å²) in [4.78, 5) is 36.6. The minimum atomic E-state index is -0.956. The molecule has 0 bridgehead atoms. The predicted molar refractivity (Wildman–Crippen MR) is 116 cm³/mol. The van der Waals surface area contributed by atoms with Crippen molar-refractivity contribution in [3.63, 3.8) is 0 Å². The molecule has 31 heavy (non-hydrogen) atoms. The second kappa shape index (κ2) is 9.84. The van der Waals surface area contributed by atoms with Crippen molar-refractivity contribution < 1.29 is 18.8 Å². The molecule has 0 spiro atoms. The minimum absolute atomic E-state index is 0.144. The summed E-state index contributed by atoms with van der Waals surface area (Å²) in [6.07, 6.45) is 0.358. The SMILES string of the molecule is CC(=O)N[C@H](Cc1ccc(F)cc1)C(=O)N[C@@H](Cc1cccc2ccccc12)C(N)=O. The van der Waals surface area contributed by atoms with Gasteiger partial charge >= 0.3 is 0 Å². The van der Waals surface area contributed by atoms with Crippen molar-refractivity contribution in [3.8, 4) is 0 Å². The molecule has 0 aliphatic heterocycles. The van der Waals surface area contributed by atoms with Crippen molar-refractivity contribution in [1.29, 1.82) is 0 Å². The van der Waals surface area contributed by atoms with Gasteiger partial charge in [0.15, 0.2) is 0 Å². The molecule has 0 saturated carbocycles. The molecule has 3 amide bonds. The molecule has 160 valence electrons. The van der Waals surface area contributed by atoms with Crippen LogP contribution >= 0.6 is 0 Å². The smallest absolute Gasteiger partial charge is 0.243 e. The maximum Gasteiger partial charge on any atom is 0.243 e. The number of amides is 3. The van der Waals surface area contributed by atoms with Crippen LogP contribution in [0, 0.1) is 5.82 Å². The summed E-state index contributed by atoms with van der Waals surface area (Å²) in [6.45, 7) is 1.30. The zero-order valence-electron chi connectivity index (χ0n) is 17.1. The van der Waals surface area contributed by atoms with Gasteiger partial charge in [0.1, 0.15) is 17.9 Å². The Balaban J connectivity index is 1.78. The lowest BCUT2D eigenvalue weighted by atomic mass is 9.98. The van der Waals surface area contributed by atoms with Crippen LogP contribution in [0.4, 0.5) is 4.39 Å². The number of halogens is 1. The van der Waals surface area contributed by atoms with E-state index in [1.54, 1.807) is 12.1 Å². The van der Waals surface area contributed by atoms with Crippen LogP contribution in [0.1, 0.15) is 18.1 Å². The van der Waals surface area contributed by atoms with Crippen molar-refractivity contribution in [3.05, 3.63) is 83.7 Å². The van der Waals surface area contributed by atoms with Gasteiger partial charge in [0.2, 0.25) is 17.7 Å². The van der Waals surface area contributed by atoms with E-state index in [9.17, 15) is 18.8 Å². The quantitative estimate of drug-likeness (QED) is 0.520. The summed E-state index contributed by atoms with van der Waals surface area (Å²) < 4.78 is 13.2. The molecular weight excluding hydrogens is 397 g/mol. The van der Waals surface area contributed by atoms with Crippen molar-refractivity contribution in [2.75, 3.05) is 0 Å². The molecule has 0 aromatic heterocycles. The molecule has 0 aliphatic rings. The molecule has 0 unspecified atom stereocenters. The van der Waals surface area contributed by atoms with Gasteiger partial charge in [0.25, 0.3) is 0 Å². The van der Waals surface area contributed by atoms with Gasteiger partial charge in [-0.1, -0.05) is 54.6 Å². The monoisotopic (exact) mass is 421 g/mol. The first-order valence-corrected chi connectivity index (χ1v) is 9.91. The Kier molecular flexibility index (Phi) is 6.97. The number of carbonyl (C=O) groups is 3. The Morgan fingerprint density at radius 2 is 1.55 bits per heavy atom. The van der Waals surface area contributed by atoms with E-state index in [4.69, 9.17) is 5.73 Å². The van der Waals surface area contributed by atoms with Gasteiger partial charge in [-0.25, -0.2) is 4.39 Å². The van der Waals surface area contributed by atoms with Crippen LogP contribution in [-0.4, -0.2) is 29.8 Å². The van der Waals surface area contributed by atoms with E-state index < -0.39 is 35.6 Å². The van der Waals surface area contributed by atoms with Crippen LogP contribution in [0.3, 0.4) is 0 Å². The van der Waals surface area contributed by atoms with Crippen molar-refractivity contribution >= 4 is 28.5 Å². The number of hydrogen-bond acceptors (Lipinski definition) is 3. The number of rotatable bonds is 8. The van der Waals surface area contributed by atoms with E-state index in [1.165, 1.54) is 19.1 Å². The molecule has 3 rings (SSSR count). The van der Waals surface area contributed by atoms with Crippen LogP contribution in [0.25, 0.3) is 10.8 Å². The van der Waals surface area contributed by atoms with Crippen LogP contribution in [0.2, 0.25) is 0 Å². The Hall–Kier alpha value is -3.74. The van der Waals surface area contributed by atoms with E-state index in [1.807, 2.05) is 42.5 Å². The fourth-order valence-electron chi connectivity index (χ4n) is 3.50. The van der Waals surface area contributed by atoms with Crippen LogP contribution in [0.15, 0.2) is 66.7 Å². The van der Waals surface area contributed by atoms with Crippen LogP contribution in [0.5, 0.6) is 0 Å². The van der Waals surface area contributed by atoms with Gasteiger partial charge in [0.05, 0.1) is 0 Å². The summed E-state index contributed by atoms with van der Waals surface area (Å²) in [5.74, 6) is -2.01. The lowest BCUT2D eigenvalue weighted by Crippen LogP contribution is -2.54. The van der Waals surface area contributed by atoms with Gasteiger partial charge in [0, 0.05) is 19.8 Å². The average Bonchev–Trinajstić information content (AvgIpc) is 2.74. The van der Waals surface area contributed by atoms with Gasteiger partial charge < -0.3 is 16.4 Å². The summed E-state index contributed by atoms with van der Waals surface area (Å²) in [5, 5.41) is 7.23. The molecule has 0 radical (unpaired) electrons. The van der Waals surface area contributed by atoms with Gasteiger partial charge in [-0.05, 0) is 34.0 Å². The number of nitrogens with two attached hydrogens (primary N) is 1. The number of benzene rings is 3. The Morgan fingerprint density at radius 1 is 0.871 bits per heavy atom. The summed E-state index contributed by atoms with van der Waals surface area (Å²) in [6, 6.07) is 17.2. The molecule has 2 atom stereocenters. The first-order valence-electron chi connectivity index (χ1n) is 9.91. The van der Waals surface area contributed by atoms with Crippen molar-refractivity contribution in [1.82, 2.24) is 10.6 Å². The number of hydrogen-bond donors (Lipinski definition) is 3. The molecule has 7 heteroatoms. The minimum Gasteiger partial charge on any atom is -0.368 e. The Labute approximate surface area is 179 Å². The molecule has 3 aromatic carbocycles. The number of fused-ring (bicyclic) bond motifs is 1. The second-order valence-corrected chi connectivity index (χ2v) is 7.39. The predicted octanol–water partition coefficient (Wildman–Crippen LogP) is 2.24. The third-order valence-corrected chi connectivity index (χ3v) is 5.01. The highest BCUT2D eigenvalue weighted by molar-refractivity contribution is 5.92. The summed E-state index contributed by atoms with van der Waals surface area (Å²) >= 11 is 0. The number of nitrogens with one attached hydrogen (secondary N) is 2. The highest BCUT2D eigenvalue weighted by Crippen LogP contribution is 2.20. The molecule has 6 nitrogen and oxygen atoms in total. The molecule has 0 aliphatic carbocycles. The number of carbonyl (C=O) groups excluding carboxylic acids is 3. The third kappa shape index (κ3) is 5.88. The highest BCUT2D eigenvalue weighted by Gasteiger charge is 2.26. The van der Waals surface area contributed by atoms with E-state index in [0.717, 1.165) is 16.3 Å². The van der Waals surface area contributed by atoms with E-state index in [0.29, 0.717) is 5.56 Å². The van der Waals surface area contributed by atoms with Crippen LogP contribution in [-0.2, 0) is 27.2 Å². The summed E-state index contributed by atoms with van der Waals surface area (Å²) in [7, 11) is 0. The molecule has 0 fully saturated rings. The normalized spacial score (nSPS) is 12.7. The zero-order valence-corrected chi connectivity index (χ0v) is 17.1. The lowest BCUT2D eigenvalue weighted by Gasteiger charge is -2.22. The van der Waals surface area contributed by atoms with E-state index >= 15 is 0 Å². The first-order chi connectivity index (χ1) is 14.8. The maximum atomic E-state index is 13.2. The van der Waals surface area contributed by atoms with Crippen LogP contribution < -0.4 is 16.4 Å². The Bertz CT molecular complexity index is 1090. The molecule has 4 N–H and O–H groups in total. The third-order valence-electron chi connectivity index (χ3n) is 5.01. The molecule has 0 heterocycles. The average molecular weight is 421 g/mol. The highest BCUT2D eigenvalue weighted by atomic mass is 19.1.